The summed E-state index contributed by atoms with van der Waals surface area (Å²) in [4.78, 5) is 11.8. The van der Waals surface area contributed by atoms with Crippen molar-refractivity contribution in [3.63, 3.8) is 0 Å². The van der Waals surface area contributed by atoms with Crippen molar-refractivity contribution in [2.45, 2.75) is 13.3 Å². The highest BCUT2D eigenvalue weighted by Gasteiger charge is 2.32. The number of benzene rings is 1. The highest BCUT2D eigenvalue weighted by Crippen LogP contribution is 2.18. The maximum absolute atomic E-state index is 11.8. The molecule has 0 saturated carbocycles. The molecule has 19 heavy (non-hydrogen) atoms. The van der Waals surface area contributed by atoms with Crippen LogP contribution in [-0.4, -0.2) is 31.5 Å². The molecule has 2 rings (SSSR count). The van der Waals surface area contributed by atoms with E-state index in [-0.39, 0.29) is 17.4 Å². The summed E-state index contributed by atoms with van der Waals surface area (Å²) in [6.07, 6.45) is 0.383. The molecule has 102 valence electrons. The first-order valence-electron chi connectivity index (χ1n) is 6.08. The second-order valence-electron chi connectivity index (χ2n) is 4.64. The lowest BCUT2D eigenvalue weighted by molar-refractivity contribution is -0.124. The smallest absolute Gasteiger partial charge is 0.244 e. The highest BCUT2D eigenvalue weighted by molar-refractivity contribution is 7.91. The van der Waals surface area contributed by atoms with Gasteiger partial charge in [0.1, 0.15) is 0 Å². The molecule has 1 fully saturated rings. The van der Waals surface area contributed by atoms with Crippen molar-refractivity contribution in [1.82, 2.24) is 5.43 Å². The Hall–Kier alpha value is -1.69. The SMILES string of the molecule is C/C(=N/NC(=O)[C@@H]1CCS(=O)(=O)C1)c1ccccc1. The van der Waals surface area contributed by atoms with Gasteiger partial charge in [0.2, 0.25) is 5.91 Å². The monoisotopic (exact) mass is 280 g/mol. The summed E-state index contributed by atoms with van der Waals surface area (Å²) in [5, 5.41) is 4.01. The molecular weight excluding hydrogens is 264 g/mol. The minimum absolute atomic E-state index is 0.0707. The van der Waals surface area contributed by atoms with Crippen LogP contribution in [-0.2, 0) is 14.6 Å². The Morgan fingerprint density at radius 2 is 2.00 bits per heavy atom. The van der Waals surface area contributed by atoms with E-state index in [1.54, 1.807) is 6.92 Å². The van der Waals surface area contributed by atoms with Gasteiger partial charge < -0.3 is 0 Å². The van der Waals surface area contributed by atoms with E-state index >= 15 is 0 Å². The van der Waals surface area contributed by atoms with Crippen LogP contribution in [0.2, 0.25) is 0 Å². The van der Waals surface area contributed by atoms with Gasteiger partial charge in [0.25, 0.3) is 0 Å². The molecule has 1 aromatic carbocycles. The maximum Gasteiger partial charge on any atom is 0.244 e. The Kier molecular flexibility index (Phi) is 3.99. The van der Waals surface area contributed by atoms with Gasteiger partial charge in [0, 0.05) is 0 Å². The summed E-state index contributed by atoms with van der Waals surface area (Å²) in [6, 6.07) is 9.47. The van der Waals surface area contributed by atoms with Crippen LogP contribution >= 0.6 is 0 Å². The second kappa shape index (κ2) is 5.52. The fourth-order valence-electron chi connectivity index (χ4n) is 1.98. The number of amides is 1. The fraction of sp³-hybridized carbons (Fsp3) is 0.385. The van der Waals surface area contributed by atoms with Crippen LogP contribution in [0.1, 0.15) is 18.9 Å². The Morgan fingerprint density at radius 3 is 2.58 bits per heavy atom. The third-order valence-corrected chi connectivity index (χ3v) is 4.90. The standard InChI is InChI=1S/C13H16N2O3S/c1-10(11-5-3-2-4-6-11)14-15-13(16)12-7-8-19(17,18)9-12/h2-6,12H,7-9H2,1H3,(H,15,16)/b14-10-/t12-/m1/s1. The van der Waals surface area contributed by atoms with E-state index < -0.39 is 15.8 Å². The molecule has 1 N–H and O–H groups in total. The van der Waals surface area contributed by atoms with E-state index in [0.29, 0.717) is 12.1 Å². The second-order valence-corrected chi connectivity index (χ2v) is 6.87. The quantitative estimate of drug-likeness (QED) is 0.662. The number of nitrogens with one attached hydrogen (secondary N) is 1. The predicted molar refractivity (Wildman–Crippen MR) is 73.6 cm³/mol. The third-order valence-electron chi connectivity index (χ3n) is 3.13. The van der Waals surface area contributed by atoms with Gasteiger partial charge in [-0.2, -0.15) is 5.10 Å². The fourth-order valence-corrected chi connectivity index (χ4v) is 3.72. The van der Waals surface area contributed by atoms with Crippen LogP contribution in [0.25, 0.3) is 0 Å². The molecule has 0 aromatic heterocycles. The van der Waals surface area contributed by atoms with Crippen LogP contribution < -0.4 is 5.43 Å². The number of carbonyl (C=O) groups excluding carboxylic acids is 1. The first-order valence-corrected chi connectivity index (χ1v) is 7.90. The molecule has 5 nitrogen and oxygen atoms in total. The molecule has 0 radical (unpaired) electrons. The number of hydrogen-bond acceptors (Lipinski definition) is 4. The largest absolute Gasteiger partial charge is 0.273 e. The van der Waals surface area contributed by atoms with E-state index in [9.17, 15) is 13.2 Å². The summed E-state index contributed by atoms with van der Waals surface area (Å²) in [5.74, 6) is -0.778. The van der Waals surface area contributed by atoms with Crippen molar-refractivity contribution in [3.8, 4) is 0 Å². The molecule has 1 atom stereocenters. The van der Waals surface area contributed by atoms with Crippen LogP contribution in [0.5, 0.6) is 0 Å². The lowest BCUT2D eigenvalue weighted by Gasteiger charge is -2.06. The molecule has 1 amide bonds. The first kappa shape index (κ1) is 13.7. The zero-order chi connectivity index (χ0) is 13.9. The summed E-state index contributed by atoms with van der Waals surface area (Å²) in [6.45, 7) is 1.79. The van der Waals surface area contributed by atoms with E-state index in [1.807, 2.05) is 30.3 Å². The van der Waals surface area contributed by atoms with Crippen molar-refractivity contribution in [1.29, 1.82) is 0 Å². The zero-order valence-electron chi connectivity index (χ0n) is 10.7. The number of carbonyl (C=O) groups is 1. The minimum Gasteiger partial charge on any atom is -0.273 e. The van der Waals surface area contributed by atoms with Crippen LogP contribution in [0.15, 0.2) is 35.4 Å². The van der Waals surface area contributed by atoms with Gasteiger partial charge in [-0.15, -0.1) is 0 Å². The van der Waals surface area contributed by atoms with E-state index in [2.05, 4.69) is 10.5 Å². The Labute approximate surface area is 112 Å². The normalized spacial score (nSPS) is 22.2. The van der Waals surface area contributed by atoms with E-state index in [4.69, 9.17) is 0 Å². The number of rotatable bonds is 3. The number of hydrogen-bond donors (Lipinski definition) is 1. The Morgan fingerprint density at radius 1 is 1.32 bits per heavy atom. The van der Waals surface area contributed by atoms with Gasteiger partial charge in [-0.3, -0.25) is 4.79 Å². The van der Waals surface area contributed by atoms with Gasteiger partial charge in [-0.1, -0.05) is 30.3 Å². The zero-order valence-corrected chi connectivity index (χ0v) is 11.5. The molecule has 1 heterocycles. The minimum atomic E-state index is -3.04. The van der Waals surface area contributed by atoms with Crippen molar-refractivity contribution >= 4 is 21.5 Å². The topological polar surface area (TPSA) is 75.6 Å². The lowest BCUT2D eigenvalue weighted by atomic mass is 10.1. The summed E-state index contributed by atoms with van der Waals surface area (Å²) in [5.41, 5.74) is 4.05. The molecule has 1 aliphatic rings. The molecule has 0 bridgehead atoms. The van der Waals surface area contributed by atoms with Crippen molar-refractivity contribution < 1.29 is 13.2 Å². The van der Waals surface area contributed by atoms with Gasteiger partial charge in [0.05, 0.1) is 23.1 Å². The summed E-state index contributed by atoms with van der Waals surface area (Å²) < 4.78 is 22.6. The lowest BCUT2D eigenvalue weighted by Crippen LogP contribution is -2.28. The van der Waals surface area contributed by atoms with E-state index in [0.717, 1.165) is 5.56 Å². The average molecular weight is 280 g/mol. The molecule has 0 aliphatic carbocycles. The van der Waals surface area contributed by atoms with Gasteiger partial charge in [-0.25, -0.2) is 13.8 Å². The van der Waals surface area contributed by atoms with Crippen molar-refractivity contribution in [2.24, 2.45) is 11.0 Å². The van der Waals surface area contributed by atoms with Crippen LogP contribution in [0, 0.1) is 5.92 Å². The molecule has 0 unspecified atom stereocenters. The maximum atomic E-state index is 11.8. The van der Waals surface area contributed by atoms with Crippen LogP contribution in [0.4, 0.5) is 0 Å². The summed E-state index contributed by atoms with van der Waals surface area (Å²) >= 11 is 0. The molecule has 1 aliphatic heterocycles. The Balaban J connectivity index is 1.97. The Bertz CT molecular complexity index is 594. The van der Waals surface area contributed by atoms with Gasteiger partial charge in [0.15, 0.2) is 9.84 Å². The molecular formula is C13H16N2O3S. The number of nitrogens with zero attached hydrogens (tertiary/aromatic N) is 1. The van der Waals surface area contributed by atoms with Gasteiger partial charge >= 0.3 is 0 Å². The van der Waals surface area contributed by atoms with Gasteiger partial charge in [-0.05, 0) is 18.9 Å². The molecule has 1 saturated heterocycles. The average Bonchev–Trinajstić information content (AvgIpc) is 2.77. The van der Waals surface area contributed by atoms with Crippen LogP contribution in [0.3, 0.4) is 0 Å². The molecule has 6 heteroatoms. The highest BCUT2D eigenvalue weighted by atomic mass is 32.2. The first-order chi connectivity index (χ1) is 8.98. The van der Waals surface area contributed by atoms with E-state index in [1.165, 1.54) is 0 Å². The third kappa shape index (κ3) is 3.64. The number of sulfone groups is 1. The summed E-state index contributed by atoms with van der Waals surface area (Å²) in [7, 11) is -3.04. The van der Waals surface area contributed by atoms with Crippen molar-refractivity contribution in [2.75, 3.05) is 11.5 Å². The molecule has 1 aromatic rings. The molecule has 0 spiro atoms. The predicted octanol–water partition coefficient (Wildman–Crippen LogP) is 0.962. The number of hydrazone groups is 1. The van der Waals surface area contributed by atoms with Crippen molar-refractivity contribution in [3.05, 3.63) is 35.9 Å².